The van der Waals surface area contributed by atoms with Crippen molar-refractivity contribution in [2.45, 2.75) is 25.4 Å². The van der Waals surface area contributed by atoms with Crippen molar-refractivity contribution in [3.63, 3.8) is 0 Å². The standard InChI is InChI=1S/C13H13NO3/c15-9-3-1-2-8(6-9)13-14-11-5-4-10(16)7-12(11)17-13/h1-3,6,10,15-16H,4-5,7H2. The molecule has 2 N–H and O–H groups in total. The highest BCUT2D eigenvalue weighted by Crippen LogP contribution is 2.28. The predicted octanol–water partition coefficient (Wildman–Crippen LogP) is 1.90. The van der Waals surface area contributed by atoms with E-state index < -0.39 is 0 Å². The Kier molecular flexibility index (Phi) is 2.37. The molecule has 1 aromatic heterocycles. The molecule has 0 saturated carbocycles. The van der Waals surface area contributed by atoms with Gasteiger partial charge in [-0.1, -0.05) is 6.07 Å². The van der Waals surface area contributed by atoms with Gasteiger partial charge in [0.1, 0.15) is 11.5 Å². The molecule has 1 aliphatic carbocycles. The zero-order chi connectivity index (χ0) is 11.8. The van der Waals surface area contributed by atoms with Crippen molar-refractivity contribution in [2.75, 3.05) is 0 Å². The second-order valence-corrected chi connectivity index (χ2v) is 4.34. The number of hydrogen-bond acceptors (Lipinski definition) is 4. The highest BCUT2D eigenvalue weighted by Gasteiger charge is 2.22. The van der Waals surface area contributed by atoms with Crippen molar-refractivity contribution < 1.29 is 14.6 Å². The summed E-state index contributed by atoms with van der Waals surface area (Å²) in [5, 5.41) is 19.0. The molecule has 4 heteroatoms. The van der Waals surface area contributed by atoms with Crippen molar-refractivity contribution in [1.29, 1.82) is 0 Å². The quantitative estimate of drug-likeness (QED) is 0.786. The average Bonchev–Trinajstić information content (AvgIpc) is 2.72. The molecular formula is C13H13NO3. The molecule has 3 rings (SSSR count). The van der Waals surface area contributed by atoms with E-state index in [4.69, 9.17) is 4.42 Å². The van der Waals surface area contributed by atoms with Crippen LogP contribution in [0.2, 0.25) is 0 Å². The molecule has 1 atom stereocenters. The van der Waals surface area contributed by atoms with Crippen LogP contribution in [0.1, 0.15) is 17.9 Å². The maximum absolute atomic E-state index is 9.55. The Morgan fingerprint density at radius 3 is 3.06 bits per heavy atom. The van der Waals surface area contributed by atoms with Gasteiger partial charge in [0.05, 0.1) is 11.8 Å². The van der Waals surface area contributed by atoms with Crippen LogP contribution in [-0.4, -0.2) is 21.3 Å². The lowest BCUT2D eigenvalue weighted by Crippen LogP contribution is -2.17. The van der Waals surface area contributed by atoms with E-state index in [2.05, 4.69) is 4.98 Å². The molecule has 0 fully saturated rings. The molecule has 4 nitrogen and oxygen atoms in total. The van der Waals surface area contributed by atoms with E-state index in [0.29, 0.717) is 12.3 Å². The zero-order valence-corrected chi connectivity index (χ0v) is 9.26. The number of nitrogens with zero attached hydrogens (tertiary/aromatic N) is 1. The zero-order valence-electron chi connectivity index (χ0n) is 9.26. The summed E-state index contributed by atoms with van der Waals surface area (Å²) in [4.78, 5) is 4.41. The van der Waals surface area contributed by atoms with Crippen molar-refractivity contribution in [2.24, 2.45) is 0 Å². The molecule has 0 saturated heterocycles. The van der Waals surface area contributed by atoms with Crippen molar-refractivity contribution in [1.82, 2.24) is 4.98 Å². The number of benzene rings is 1. The van der Waals surface area contributed by atoms with Crippen molar-refractivity contribution >= 4 is 0 Å². The Hall–Kier alpha value is -1.81. The van der Waals surface area contributed by atoms with Crippen LogP contribution in [0.25, 0.3) is 11.5 Å². The number of aromatic nitrogens is 1. The summed E-state index contributed by atoms with van der Waals surface area (Å²) < 4.78 is 5.64. The first-order chi connectivity index (χ1) is 8.22. The second-order valence-electron chi connectivity index (χ2n) is 4.34. The SMILES string of the molecule is Oc1cccc(-c2nc3c(o2)CC(O)CC3)c1. The number of fused-ring (bicyclic) bond motifs is 1. The second kappa shape index (κ2) is 3.89. The Balaban J connectivity index is 2.00. The maximum Gasteiger partial charge on any atom is 0.226 e. The van der Waals surface area contributed by atoms with Gasteiger partial charge < -0.3 is 14.6 Å². The van der Waals surface area contributed by atoms with Gasteiger partial charge in [0.2, 0.25) is 5.89 Å². The van der Waals surface area contributed by atoms with Crippen molar-refractivity contribution in [3.8, 4) is 17.2 Å². The summed E-state index contributed by atoms with van der Waals surface area (Å²) >= 11 is 0. The summed E-state index contributed by atoms with van der Waals surface area (Å²) in [6.07, 6.45) is 1.69. The lowest BCUT2D eigenvalue weighted by Gasteiger charge is -2.13. The minimum absolute atomic E-state index is 0.193. The summed E-state index contributed by atoms with van der Waals surface area (Å²) in [5.74, 6) is 1.47. The first-order valence-corrected chi connectivity index (χ1v) is 5.68. The smallest absolute Gasteiger partial charge is 0.226 e. The molecule has 88 valence electrons. The van der Waals surface area contributed by atoms with Crippen LogP contribution in [0.3, 0.4) is 0 Å². The molecule has 0 spiro atoms. The van der Waals surface area contributed by atoms with Crippen LogP contribution < -0.4 is 0 Å². The highest BCUT2D eigenvalue weighted by molar-refractivity contribution is 5.56. The first kappa shape index (κ1) is 10.4. The maximum atomic E-state index is 9.55. The van der Waals surface area contributed by atoms with E-state index >= 15 is 0 Å². The van der Waals surface area contributed by atoms with Gasteiger partial charge in [0.15, 0.2) is 0 Å². The molecule has 1 heterocycles. The Morgan fingerprint density at radius 2 is 2.24 bits per heavy atom. The molecule has 1 unspecified atom stereocenters. The van der Waals surface area contributed by atoms with E-state index in [9.17, 15) is 10.2 Å². The fourth-order valence-corrected chi connectivity index (χ4v) is 2.12. The molecule has 0 aliphatic heterocycles. The fourth-order valence-electron chi connectivity index (χ4n) is 2.12. The molecule has 0 radical (unpaired) electrons. The van der Waals surface area contributed by atoms with Gasteiger partial charge in [-0.3, -0.25) is 0 Å². The molecule has 17 heavy (non-hydrogen) atoms. The minimum atomic E-state index is -0.326. The fraction of sp³-hybridized carbons (Fsp3) is 0.308. The van der Waals surface area contributed by atoms with E-state index in [-0.39, 0.29) is 11.9 Å². The number of aromatic hydroxyl groups is 1. The largest absolute Gasteiger partial charge is 0.508 e. The summed E-state index contributed by atoms with van der Waals surface area (Å²) in [6, 6.07) is 6.82. The van der Waals surface area contributed by atoms with Gasteiger partial charge >= 0.3 is 0 Å². The summed E-state index contributed by atoms with van der Waals surface area (Å²) in [7, 11) is 0. The van der Waals surface area contributed by atoms with Gasteiger partial charge in [-0.25, -0.2) is 4.98 Å². The number of phenols is 1. The molecule has 2 aromatic rings. The number of rotatable bonds is 1. The topological polar surface area (TPSA) is 66.5 Å². The third kappa shape index (κ3) is 1.91. The Labute approximate surface area is 98.5 Å². The predicted molar refractivity (Wildman–Crippen MR) is 61.6 cm³/mol. The number of oxazole rings is 1. The lowest BCUT2D eigenvalue weighted by atomic mass is 9.99. The molecule has 0 amide bonds. The first-order valence-electron chi connectivity index (χ1n) is 5.68. The molecule has 1 aromatic carbocycles. The molecule has 1 aliphatic rings. The van der Waals surface area contributed by atoms with Crippen molar-refractivity contribution in [3.05, 3.63) is 35.7 Å². The number of aliphatic hydroxyl groups is 1. The van der Waals surface area contributed by atoms with Crippen LogP contribution in [-0.2, 0) is 12.8 Å². The normalized spacial score (nSPS) is 19.0. The van der Waals surface area contributed by atoms with Crippen LogP contribution in [0.4, 0.5) is 0 Å². The average molecular weight is 231 g/mol. The number of aryl methyl sites for hydroxylation is 1. The molecule has 0 bridgehead atoms. The van der Waals surface area contributed by atoms with Crippen LogP contribution in [0.15, 0.2) is 28.7 Å². The van der Waals surface area contributed by atoms with Gasteiger partial charge in [-0.2, -0.15) is 0 Å². The number of phenolic OH excluding ortho intramolecular Hbond substituents is 1. The highest BCUT2D eigenvalue weighted by atomic mass is 16.4. The van der Waals surface area contributed by atoms with Crippen LogP contribution >= 0.6 is 0 Å². The third-order valence-electron chi connectivity index (χ3n) is 3.01. The van der Waals surface area contributed by atoms with Crippen LogP contribution in [0, 0.1) is 0 Å². The van der Waals surface area contributed by atoms with Crippen LogP contribution in [0.5, 0.6) is 5.75 Å². The van der Waals surface area contributed by atoms with E-state index in [1.807, 2.05) is 6.07 Å². The van der Waals surface area contributed by atoms with E-state index in [0.717, 1.165) is 29.9 Å². The van der Waals surface area contributed by atoms with E-state index in [1.54, 1.807) is 18.2 Å². The number of hydrogen-bond donors (Lipinski definition) is 2. The molecular weight excluding hydrogens is 218 g/mol. The van der Waals surface area contributed by atoms with E-state index in [1.165, 1.54) is 0 Å². The Morgan fingerprint density at radius 1 is 1.35 bits per heavy atom. The third-order valence-corrected chi connectivity index (χ3v) is 3.01. The van der Waals surface area contributed by atoms with Gasteiger partial charge in [0, 0.05) is 12.0 Å². The lowest BCUT2D eigenvalue weighted by molar-refractivity contribution is 0.150. The minimum Gasteiger partial charge on any atom is -0.508 e. The van der Waals surface area contributed by atoms with Gasteiger partial charge in [-0.05, 0) is 31.0 Å². The van der Waals surface area contributed by atoms with Gasteiger partial charge in [0.25, 0.3) is 0 Å². The summed E-state index contributed by atoms with van der Waals surface area (Å²) in [5.41, 5.74) is 1.68. The Bertz CT molecular complexity index is 547. The monoisotopic (exact) mass is 231 g/mol. The summed E-state index contributed by atoms with van der Waals surface area (Å²) in [6.45, 7) is 0. The number of aliphatic hydroxyl groups excluding tert-OH is 1. The van der Waals surface area contributed by atoms with Gasteiger partial charge in [-0.15, -0.1) is 0 Å².